The highest BCUT2D eigenvalue weighted by Crippen LogP contribution is 2.28. The molecule has 0 amide bonds. The molecule has 0 fully saturated rings. The first kappa shape index (κ1) is 10.6. The normalized spacial score (nSPS) is 22.4. The topological polar surface area (TPSA) is 37.4 Å². The van der Waals surface area contributed by atoms with E-state index >= 15 is 0 Å². The second-order valence-corrected chi connectivity index (χ2v) is 6.14. The smallest absolute Gasteiger partial charge is 0.211 e. The van der Waals surface area contributed by atoms with Gasteiger partial charge in [-0.15, -0.1) is 0 Å². The van der Waals surface area contributed by atoms with E-state index in [1.807, 2.05) is 18.2 Å². The average Bonchev–Trinajstić information content (AvgIpc) is 2.16. The van der Waals surface area contributed by atoms with Gasteiger partial charge in [0.05, 0.1) is 6.26 Å². The van der Waals surface area contributed by atoms with E-state index < -0.39 is 10.0 Å². The number of hydrogen-bond acceptors (Lipinski definition) is 2. The molecule has 0 aliphatic carbocycles. The Morgan fingerprint density at radius 3 is 2.67 bits per heavy atom. The summed E-state index contributed by atoms with van der Waals surface area (Å²) < 4.78 is 24.5. The summed E-state index contributed by atoms with van der Waals surface area (Å²) in [5.74, 6) is 0.282. The van der Waals surface area contributed by atoms with E-state index in [9.17, 15) is 8.42 Å². The molecule has 1 aliphatic heterocycles. The van der Waals surface area contributed by atoms with Gasteiger partial charge in [-0.3, -0.25) is 0 Å². The van der Waals surface area contributed by atoms with Crippen molar-refractivity contribution < 1.29 is 8.42 Å². The molecule has 0 radical (unpaired) electrons. The van der Waals surface area contributed by atoms with E-state index in [0.29, 0.717) is 13.1 Å². The third-order valence-electron chi connectivity index (χ3n) is 2.88. The highest BCUT2D eigenvalue weighted by molar-refractivity contribution is 7.88. The molecular weight excluding hydrogens is 210 g/mol. The molecule has 1 atom stereocenters. The summed E-state index contributed by atoms with van der Waals surface area (Å²) in [6.07, 6.45) is 1.27. The van der Waals surface area contributed by atoms with Crippen LogP contribution in [0.15, 0.2) is 24.3 Å². The van der Waals surface area contributed by atoms with Crippen LogP contribution in [-0.4, -0.2) is 25.5 Å². The number of rotatable bonds is 1. The van der Waals surface area contributed by atoms with Crippen molar-refractivity contribution in [3.8, 4) is 0 Å². The zero-order valence-electron chi connectivity index (χ0n) is 8.97. The number of hydrogen-bond donors (Lipinski definition) is 0. The lowest BCUT2D eigenvalue weighted by atomic mass is 9.92. The SMILES string of the molecule is CC1CN(S(C)(=O)=O)Cc2ccccc21. The lowest BCUT2D eigenvalue weighted by Gasteiger charge is -2.31. The Labute approximate surface area is 90.8 Å². The third-order valence-corrected chi connectivity index (χ3v) is 4.10. The first-order valence-electron chi connectivity index (χ1n) is 5.01. The predicted octanol–water partition coefficient (Wildman–Crippen LogP) is 1.57. The highest BCUT2D eigenvalue weighted by atomic mass is 32.2. The molecule has 0 N–H and O–H groups in total. The van der Waals surface area contributed by atoms with Gasteiger partial charge in [0.1, 0.15) is 0 Å². The third kappa shape index (κ3) is 2.06. The Balaban J connectivity index is 2.39. The van der Waals surface area contributed by atoms with E-state index in [1.165, 1.54) is 11.8 Å². The summed E-state index contributed by atoms with van der Waals surface area (Å²) in [7, 11) is -3.07. The minimum absolute atomic E-state index is 0.282. The first-order valence-corrected chi connectivity index (χ1v) is 6.86. The van der Waals surface area contributed by atoms with Crippen LogP contribution in [0.2, 0.25) is 0 Å². The van der Waals surface area contributed by atoms with Crippen LogP contribution in [0.25, 0.3) is 0 Å². The van der Waals surface area contributed by atoms with E-state index in [-0.39, 0.29) is 5.92 Å². The van der Waals surface area contributed by atoms with Gasteiger partial charge in [0.25, 0.3) is 0 Å². The lowest BCUT2D eigenvalue weighted by molar-refractivity contribution is 0.366. The number of nitrogens with zero attached hydrogens (tertiary/aromatic N) is 1. The Bertz CT molecular complexity index is 467. The molecule has 2 rings (SSSR count). The molecule has 1 aliphatic rings. The summed E-state index contributed by atoms with van der Waals surface area (Å²) >= 11 is 0. The van der Waals surface area contributed by atoms with Crippen LogP contribution < -0.4 is 0 Å². The molecule has 1 unspecified atom stereocenters. The molecule has 3 nitrogen and oxygen atoms in total. The number of sulfonamides is 1. The van der Waals surface area contributed by atoms with Crippen molar-refractivity contribution in [2.45, 2.75) is 19.4 Å². The van der Waals surface area contributed by atoms with Crippen LogP contribution in [0, 0.1) is 0 Å². The standard InChI is InChI=1S/C11H15NO2S/c1-9-7-12(15(2,13)14)8-10-5-3-4-6-11(9)10/h3-6,9H,7-8H2,1-2H3. The zero-order valence-corrected chi connectivity index (χ0v) is 9.79. The molecule has 0 saturated carbocycles. The number of fused-ring (bicyclic) bond motifs is 1. The van der Waals surface area contributed by atoms with Crippen molar-refractivity contribution in [2.24, 2.45) is 0 Å². The van der Waals surface area contributed by atoms with Crippen molar-refractivity contribution in [3.05, 3.63) is 35.4 Å². The maximum absolute atomic E-state index is 11.5. The van der Waals surface area contributed by atoms with E-state index in [4.69, 9.17) is 0 Å². The van der Waals surface area contributed by atoms with Crippen molar-refractivity contribution >= 4 is 10.0 Å². The molecule has 1 aromatic rings. The van der Waals surface area contributed by atoms with Crippen LogP contribution in [0.3, 0.4) is 0 Å². The Kier molecular flexibility index (Phi) is 2.56. The molecule has 0 bridgehead atoms. The maximum Gasteiger partial charge on any atom is 0.211 e. The summed E-state index contributed by atoms with van der Waals surface area (Å²) in [6.45, 7) is 3.17. The molecule has 1 aromatic carbocycles. The van der Waals surface area contributed by atoms with Crippen molar-refractivity contribution in [2.75, 3.05) is 12.8 Å². The quantitative estimate of drug-likeness (QED) is 0.727. The molecule has 0 saturated heterocycles. The van der Waals surface area contributed by atoms with Gasteiger partial charge in [-0.25, -0.2) is 8.42 Å². The Morgan fingerprint density at radius 2 is 2.00 bits per heavy atom. The zero-order chi connectivity index (χ0) is 11.1. The average molecular weight is 225 g/mol. The van der Waals surface area contributed by atoms with Gasteiger partial charge in [0.15, 0.2) is 0 Å². The first-order chi connectivity index (χ1) is 6.98. The molecule has 4 heteroatoms. The van der Waals surface area contributed by atoms with E-state index in [0.717, 1.165) is 5.56 Å². The summed E-state index contributed by atoms with van der Waals surface area (Å²) in [6, 6.07) is 8.05. The van der Waals surface area contributed by atoms with Crippen LogP contribution in [0.4, 0.5) is 0 Å². The molecule has 15 heavy (non-hydrogen) atoms. The van der Waals surface area contributed by atoms with Crippen molar-refractivity contribution in [3.63, 3.8) is 0 Å². The van der Waals surface area contributed by atoms with Gasteiger partial charge < -0.3 is 0 Å². The van der Waals surface area contributed by atoms with Gasteiger partial charge in [0, 0.05) is 13.1 Å². The Morgan fingerprint density at radius 1 is 1.33 bits per heavy atom. The monoisotopic (exact) mass is 225 g/mol. The van der Waals surface area contributed by atoms with Crippen LogP contribution in [0.5, 0.6) is 0 Å². The van der Waals surface area contributed by atoms with Gasteiger partial charge in [-0.1, -0.05) is 31.2 Å². The molecule has 0 spiro atoms. The van der Waals surface area contributed by atoms with E-state index in [2.05, 4.69) is 13.0 Å². The Hall–Kier alpha value is -0.870. The highest BCUT2D eigenvalue weighted by Gasteiger charge is 2.26. The molecule has 82 valence electrons. The van der Waals surface area contributed by atoms with Crippen LogP contribution in [-0.2, 0) is 16.6 Å². The fourth-order valence-electron chi connectivity index (χ4n) is 2.07. The maximum atomic E-state index is 11.5. The molecule has 1 heterocycles. The molecule has 0 aromatic heterocycles. The lowest BCUT2D eigenvalue weighted by Crippen LogP contribution is -2.36. The predicted molar refractivity (Wildman–Crippen MR) is 60.1 cm³/mol. The second kappa shape index (κ2) is 3.61. The minimum Gasteiger partial charge on any atom is -0.212 e. The van der Waals surface area contributed by atoms with Gasteiger partial charge in [-0.05, 0) is 17.0 Å². The fraction of sp³-hybridized carbons (Fsp3) is 0.455. The number of benzene rings is 1. The summed E-state index contributed by atoms with van der Waals surface area (Å²) in [5, 5.41) is 0. The minimum atomic E-state index is -3.07. The largest absolute Gasteiger partial charge is 0.212 e. The summed E-state index contributed by atoms with van der Waals surface area (Å²) in [5.41, 5.74) is 2.40. The van der Waals surface area contributed by atoms with Gasteiger partial charge >= 0.3 is 0 Å². The van der Waals surface area contributed by atoms with Crippen molar-refractivity contribution in [1.82, 2.24) is 4.31 Å². The second-order valence-electron chi connectivity index (χ2n) is 4.16. The van der Waals surface area contributed by atoms with Gasteiger partial charge in [0.2, 0.25) is 10.0 Å². The van der Waals surface area contributed by atoms with E-state index in [1.54, 1.807) is 4.31 Å². The van der Waals surface area contributed by atoms with Crippen molar-refractivity contribution in [1.29, 1.82) is 0 Å². The van der Waals surface area contributed by atoms with Crippen LogP contribution >= 0.6 is 0 Å². The van der Waals surface area contributed by atoms with Gasteiger partial charge in [-0.2, -0.15) is 4.31 Å². The molecular formula is C11H15NO2S. The van der Waals surface area contributed by atoms with Crippen LogP contribution in [0.1, 0.15) is 24.0 Å². The fourth-order valence-corrected chi connectivity index (χ4v) is 2.94. The summed E-state index contributed by atoms with van der Waals surface area (Å²) in [4.78, 5) is 0.